The summed E-state index contributed by atoms with van der Waals surface area (Å²) in [6.45, 7) is 0. The van der Waals surface area contributed by atoms with Crippen LogP contribution in [0.3, 0.4) is 0 Å². The lowest BCUT2D eigenvalue weighted by Crippen LogP contribution is -2.12. The van der Waals surface area contributed by atoms with E-state index in [1.54, 1.807) is 18.0 Å². The number of hydrogen-bond donors (Lipinski definition) is 0. The van der Waals surface area contributed by atoms with Crippen LogP contribution in [0.1, 0.15) is 11.1 Å². The zero-order valence-electron chi connectivity index (χ0n) is 11.2. The van der Waals surface area contributed by atoms with E-state index in [4.69, 9.17) is 4.42 Å². The predicted octanol–water partition coefficient (Wildman–Crippen LogP) is 3.92. The van der Waals surface area contributed by atoms with Gasteiger partial charge in [0.15, 0.2) is 5.76 Å². The van der Waals surface area contributed by atoms with Crippen LogP contribution in [0.2, 0.25) is 0 Å². The Labute approximate surface area is 127 Å². The molecule has 0 radical (unpaired) electrons. The molecule has 0 fully saturated rings. The van der Waals surface area contributed by atoms with Gasteiger partial charge in [-0.25, -0.2) is 0 Å². The monoisotopic (exact) mass is 293 g/mol. The van der Waals surface area contributed by atoms with E-state index in [0.29, 0.717) is 5.56 Å². The molecule has 2 heterocycles. The van der Waals surface area contributed by atoms with Crippen LogP contribution >= 0.6 is 11.8 Å². The number of H-pyrrole nitrogens is 1. The zero-order chi connectivity index (χ0) is 14.5. The number of nitriles is 1. The van der Waals surface area contributed by atoms with Gasteiger partial charge in [0, 0.05) is 11.8 Å². The summed E-state index contributed by atoms with van der Waals surface area (Å²) in [5, 5.41) is 10.1. The van der Waals surface area contributed by atoms with Crippen molar-refractivity contribution in [1.82, 2.24) is 0 Å². The number of pyridine rings is 1. The number of benzene rings is 1. The highest BCUT2D eigenvalue weighted by molar-refractivity contribution is 7.98. The molecule has 0 aliphatic carbocycles. The smallest absolute Gasteiger partial charge is 0.257 e. The topological polar surface area (TPSA) is 51.1 Å². The van der Waals surface area contributed by atoms with Gasteiger partial charge in [0.2, 0.25) is 5.69 Å². The zero-order valence-corrected chi connectivity index (χ0v) is 12.1. The van der Waals surface area contributed by atoms with Gasteiger partial charge in [0.05, 0.1) is 6.26 Å². The minimum Gasteiger partial charge on any atom is -0.458 e. The molecule has 3 aromatic rings. The molecule has 21 heavy (non-hydrogen) atoms. The van der Waals surface area contributed by atoms with Gasteiger partial charge >= 0.3 is 0 Å². The number of nitrogens with zero attached hydrogens (tertiary/aromatic N) is 1. The molecule has 0 spiro atoms. The number of aromatic amines is 1. The number of rotatable bonds is 4. The normalized spacial score (nSPS) is 10.2. The van der Waals surface area contributed by atoms with Gasteiger partial charge in [-0.3, -0.25) is 0 Å². The van der Waals surface area contributed by atoms with Crippen molar-refractivity contribution < 1.29 is 9.40 Å². The van der Waals surface area contributed by atoms with Crippen molar-refractivity contribution in [3.63, 3.8) is 0 Å². The fraction of sp³-hybridized carbons (Fsp3) is 0.0588. The number of nitrogens with one attached hydrogen (secondary N) is 1. The molecule has 0 amide bonds. The molecule has 3 nitrogen and oxygen atoms in total. The number of thioether (sulfide) groups is 1. The van der Waals surface area contributed by atoms with Crippen molar-refractivity contribution in [2.45, 2.75) is 10.8 Å². The van der Waals surface area contributed by atoms with Crippen LogP contribution < -0.4 is 4.98 Å². The van der Waals surface area contributed by atoms with Gasteiger partial charge in [0.1, 0.15) is 11.6 Å². The number of furan rings is 1. The third kappa shape index (κ3) is 3.15. The lowest BCUT2D eigenvalue weighted by molar-refractivity contribution is -0.415. The maximum absolute atomic E-state index is 9.23. The molecule has 102 valence electrons. The van der Waals surface area contributed by atoms with E-state index in [-0.39, 0.29) is 0 Å². The summed E-state index contributed by atoms with van der Waals surface area (Å²) in [5.41, 5.74) is 2.74. The quantitative estimate of drug-likeness (QED) is 0.685. The molecule has 3 rings (SSSR count). The SMILES string of the molecule is N#Cc1ccc(-c2ccco2)[nH+]c1SCc1ccccc1. The third-order valence-corrected chi connectivity index (χ3v) is 4.13. The summed E-state index contributed by atoms with van der Waals surface area (Å²) >= 11 is 1.62. The molecule has 0 unspecified atom stereocenters. The molecule has 0 bridgehead atoms. The minimum absolute atomic E-state index is 0.645. The second-order valence-electron chi connectivity index (χ2n) is 4.48. The fourth-order valence-electron chi connectivity index (χ4n) is 1.98. The van der Waals surface area contributed by atoms with E-state index in [9.17, 15) is 5.26 Å². The lowest BCUT2D eigenvalue weighted by Gasteiger charge is -2.00. The summed E-state index contributed by atoms with van der Waals surface area (Å²) < 4.78 is 5.39. The van der Waals surface area contributed by atoms with Gasteiger partial charge in [-0.1, -0.05) is 42.1 Å². The van der Waals surface area contributed by atoms with Gasteiger partial charge in [-0.15, -0.1) is 0 Å². The van der Waals surface area contributed by atoms with Crippen molar-refractivity contribution in [2.75, 3.05) is 0 Å². The van der Waals surface area contributed by atoms with Crippen LogP contribution in [0.25, 0.3) is 11.5 Å². The standard InChI is InChI=1S/C17H12N2OS/c18-11-14-8-9-15(16-7-4-10-20-16)19-17(14)21-12-13-5-2-1-3-6-13/h1-10H,12H2/p+1. The van der Waals surface area contributed by atoms with E-state index in [0.717, 1.165) is 22.2 Å². The molecule has 0 saturated carbocycles. The average molecular weight is 293 g/mol. The van der Waals surface area contributed by atoms with Crippen LogP contribution in [-0.2, 0) is 5.75 Å². The first-order chi connectivity index (χ1) is 10.4. The highest BCUT2D eigenvalue weighted by Gasteiger charge is 2.16. The molecule has 1 N–H and O–H groups in total. The highest BCUT2D eigenvalue weighted by Crippen LogP contribution is 2.24. The summed E-state index contributed by atoms with van der Waals surface area (Å²) in [5.74, 6) is 1.58. The van der Waals surface area contributed by atoms with Crippen molar-refractivity contribution in [2.24, 2.45) is 0 Å². The van der Waals surface area contributed by atoms with Gasteiger partial charge in [0.25, 0.3) is 5.03 Å². The van der Waals surface area contributed by atoms with Gasteiger partial charge < -0.3 is 4.42 Å². The first-order valence-corrected chi connectivity index (χ1v) is 7.52. The van der Waals surface area contributed by atoms with Crippen LogP contribution in [0.5, 0.6) is 0 Å². The van der Waals surface area contributed by atoms with Crippen LogP contribution in [-0.4, -0.2) is 0 Å². The van der Waals surface area contributed by atoms with Crippen LogP contribution in [0, 0.1) is 11.3 Å². The Morgan fingerprint density at radius 1 is 1.05 bits per heavy atom. The summed E-state index contributed by atoms with van der Waals surface area (Å²) in [7, 11) is 0. The average Bonchev–Trinajstić information content (AvgIpc) is 3.08. The van der Waals surface area contributed by atoms with Crippen LogP contribution in [0.4, 0.5) is 0 Å². The molecule has 0 atom stereocenters. The minimum atomic E-state index is 0.645. The number of aromatic nitrogens is 1. The van der Waals surface area contributed by atoms with E-state index in [1.165, 1.54) is 5.56 Å². The Balaban J connectivity index is 1.86. The first kappa shape index (κ1) is 13.5. The summed E-state index contributed by atoms with van der Waals surface area (Å²) in [6.07, 6.45) is 1.64. The summed E-state index contributed by atoms with van der Waals surface area (Å²) in [6, 6.07) is 19.8. The van der Waals surface area contributed by atoms with E-state index in [1.807, 2.05) is 42.5 Å². The van der Waals surface area contributed by atoms with Crippen LogP contribution in [0.15, 0.2) is 70.3 Å². The van der Waals surface area contributed by atoms with Gasteiger partial charge in [-0.2, -0.15) is 10.2 Å². The Bertz CT molecular complexity index is 761. The Kier molecular flexibility index (Phi) is 4.04. The molecule has 0 aliphatic rings. The molecule has 0 aliphatic heterocycles. The maximum Gasteiger partial charge on any atom is 0.257 e. The van der Waals surface area contributed by atoms with Gasteiger partial charge in [-0.05, 0) is 23.8 Å². The molecule has 1 aromatic carbocycles. The maximum atomic E-state index is 9.23. The largest absolute Gasteiger partial charge is 0.458 e. The lowest BCUT2D eigenvalue weighted by atomic mass is 10.2. The molecule has 4 heteroatoms. The molecular formula is C17H13N2OS+. The predicted molar refractivity (Wildman–Crippen MR) is 81.4 cm³/mol. The van der Waals surface area contributed by atoms with E-state index in [2.05, 4.69) is 23.2 Å². The number of hydrogen-bond acceptors (Lipinski definition) is 3. The molecular weight excluding hydrogens is 280 g/mol. The highest BCUT2D eigenvalue weighted by atomic mass is 32.2. The Morgan fingerprint density at radius 2 is 1.90 bits per heavy atom. The second-order valence-corrected chi connectivity index (χ2v) is 5.46. The molecule has 0 saturated heterocycles. The fourth-order valence-corrected chi connectivity index (χ4v) is 2.94. The van der Waals surface area contributed by atoms with Crippen molar-refractivity contribution in [3.05, 3.63) is 72.0 Å². The second kappa shape index (κ2) is 6.29. The van der Waals surface area contributed by atoms with E-state index < -0.39 is 0 Å². The van der Waals surface area contributed by atoms with Crippen molar-refractivity contribution in [1.29, 1.82) is 5.26 Å². The summed E-state index contributed by atoms with van der Waals surface area (Å²) in [4.78, 5) is 3.28. The Hall–Kier alpha value is -2.51. The first-order valence-electron chi connectivity index (χ1n) is 6.54. The van der Waals surface area contributed by atoms with E-state index >= 15 is 0 Å². The Morgan fingerprint density at radius 3 is 2.62 bits per heavy atom. The third-order valence-electron chi connectivity index (χ3n) is 3.04. The molecule has 2 aromatic heterocycles. The van der Waals surface area contributed by atoms with Crippen molar-refractivity contribution in [3.8, 4) is 17.5 Å². The van der Waals surface area contributed by atoms with Crippen molar-refractivity contribution >= 4 is 11.8 Å².